The van der Waals surface area contributed by atoms with Gasteiger partial charge in [-0.05, 0) is 6.42 Å². The molecule has 0 fully saturated rings. The summed E-state index contributed by atoms with van der Waals surface area (Å²) in [5, 5.41) is 2.58. The van der Waals surface area contributed by atoms with Gasteiger partial charge in [0.1, 0.15) is 9.84 Å². The highest BCUT2D eigenvalue weighted by Crippen LogP contribution is 2.03. The molecule has 0 bridgehead atoms. The molecule has 0 aliphatic carbocycles. The highest BCUT2D eigenvalue weighted by atomic mass is 32.2. The monoisotopic (exact) mass is 236 g/mol. The number of hydrogen-bond donors (Lipinski definition) is 2. The van der Waals surface area contributed by atoms with Crippen molar-refractivity contribution < 1.29 is 13.2 Å². The van der Waals surface area contributed by atoms with E-state index in [4.69, 9.17) is 5.73 Å². The van der Waals surface area contributed by atoms with E-state index in [1.807, 2.05) is 6.92 Å². The lowest BCUT2D eigenvalue weighted by Gasteiger charge is -2.13. The lowest BCUT2D eigenvalue weighted by Crippen LogP contribution is -2.37. The first-order chi connectivity index (χ1) is 6.90. The number of carbonyl (C=O) groups is 1. The molecule has 1 amide bonds. The molecule has 15 heavy (non-hydrogen) atoms. The van der Waals surface area contributed by atoms with Crippen molar-refractivity contribution in [2.24, 2.45) is 11.7 Å². The topological polar surface area (TPSA) is 89.3 Å². The van der Waals surface area contributed by atoms with Gasteiger partial charge in [-0.25, -0.2) is 8.42 Å². The Morgan fingerprint density at radius 2 is 2.07 bits per heavy atom. The van der Waals surface area contributed by atoms with Crippen LogP contribution in [-0.4, -0.2) is 39.4 Å². The van der Waals surface area contributed by atoms with E-state index in [0.29, 0.717) is 6.54 Å². The van der Waals surface area contributed by atoms with E-state index in [-0.39, 0.29) is 24.1 Å². The molecule has 0 saturated heterocycles. The Labute approximate surface area is 91.3 Å². The summed E-state index contributed by atoms with van der Waals surface area (Å²) >= 11 is 0. The second kappa shape index (κ2) is 6.79. The van der Waals surface area contributed by atoms with Crippen LogP contribution in [-0.2, 0) is 14.6 Å². The summed E-state index contributed by atoms with van der Waals surface area (Å²) in [6.45, 7) is 2.45. The van der Waals surface area contributed by atoms with E-state index in [2.05, 4.69) is 5.32 Å². The smallest absolute Gasteiger partial charge is 0.224 e. The predicted molar refractivity (Wildman–Crippen MR) is 60.2 cm³/mol. The first kappa shape index (κ1) is 14.4. The van der Waals surface area contributed by atoms with Gasteiger partial charge in [0, 0.05) is 19.3 Å². The maximum Gasteiger partial charge on any atom is 0.224 e. The standard InChI is InChI=1S/C9H20N2O3S/c1-3-4-8(7-10)9(12)11-5-6-15(2,13)14/h8H,3-7,10H2,1-2H3,(H,11,12). The van der Waals surface area contributed by atoms with Gasteiger partial charge in [0.25, 0.3) is 0 Å². The Morgan fingerprint density at radius 3 is 2.47 bits per heavy atom. The van der Waals surface area contributed by atoms with Gasteiger partial charge < -0.3 is 11.1 Å². The average molecular weight is 236 g/mol. The van der Waals surface area contributed by atoms with Crippen LogP contribution >= 0.6 is 0 Å². The Morgan fingerprint density at radius 1 is 1.47 bits per heavy atom. The molecule has 3 N–H and O–H groups in total. The molecule has 0 aromatic heterocycles. The third-order valence-corrected chi connectivity index (χ3v) is 3.01. The van der Waals surface area contributed by atoms with Gasteiger partial charge >= 0.3 is 0 Å². The maximum atomic E-state index is 11.5. The van der Waals surface area contributed by atoms with Crippen LogP contribution in [0.4, 0.5) is 0 Å². The summed E-state index contributed by atoms with van der Waals surface area (Å²) in [6.07, 6.45) is 2.77. The van der Waals surface area contributed by atoms with Crippen LogP contribution in [0.2, 0.25) is 0 Å². The van der Waals surface area contributed by atoms with Crippen LogP contribution < -0.4 is 11.1 Å². The zero-order valence-electron chi connectivity index (χ0n) is 9.32. The van der Waals surface area contributed by atoms with Crippen LogP contribution in [0.25, 0.3) is 0 Å². The molecule has 0 radical (unpaired) electrons. The average Bonchev–Trinajstić information content (AvgIpc) is 2.11. The summed E-state index contributed by atoms with van der Waals surface area (Å²) < 4.78 is 21.6. The summed E-state index contributed by atoms with van der Waals surface area (Å²) in [7, 11) is -3.01. The quantitative estimate of drug-likeness (QED) is 0.625. The van der Waals surface area contributed by atoms with Crippen LogP contribution in [0.1, 0.15) is 19.8 Å². The van der Waals surface area contributed by atoms with Crippen molar-refractivity contribution in [2.45, 2.75) is 19.8 Å². The van der Waals surface area contributed by atoms with E-state index in [1.54, 1.807) is 0 Å². The Hall–Kier alpha value is -0.620. The van der Waals surface area contributed by atoms with Crippen molar-refractivity contribution in [3.63, 3.8) is 0 Å². The number of carbonyl (C=O) groups excluding carboxylic acids is 1. The van der Waals surface area contributed by atoms with Crippen molar-refractivity contribution in [1.82, 2.24) is 5.32 Å². The molecule has 0 aromatic rings. The maximum absolute atomic E-state index is 11.5. The SMILES string of the molecule is CCCC(CN)C(=O)NCCS(C)(=O)=O. The second-order valence-corrected chi connectivity index (χ2v) is 5.90. The number of rotatable bonds is 7. The molecule has 0 spiro atoms. The summed E-state index contributed by atoms with van der Waals surface area (Å²) in [4.78, 5) is 11.5. The van der Waals surface area contributed by atoms with Gasteiger partial charge in [-0.15, -0.1) is 0 Å². The van der Waals surface area contributed by atoms with Gasteiger partial charge in [0.05, 0.1) is 11.7 Å². The summed E-state index contributed by atoms with van der Waals surface area (Å²) in [5.41, 5.74) is 5.44. The summed E-state index contributed by atoms with van der Waals surface area (Å²) in [5.74, 6) is -0.375. The van der Waals surface area contributed by atoms with Crippen molar-refractivity contribution >= 4 is 15.7 Å². The molecular formula is C9H20N2O3S. The summed E-state index contributed by atoms with van der Waals surface area (Å²) in [6, 6.07) is 0. The molecule has 0 saturated carbocycles. The highest BCUT2D eigenvalue weighted by molar-refractivity contribution is 7.90. The first-order valence-corrected chi connectivity index (χ1v) is 7.12. The number of sulfone groups is 1. The third kappa shape index (κ3) is 7.33. The van der Waals surface area contributed by atoms with Gasteiger partial charge in [-0.2, -0.15) is 0 Å². The zero-order valence-corrected chi connectivity index (χ0v) is 10.1. The number of nitrogens with one attached hydrogen (secondary N) is 1. The van der Waals surface area contributed by atoms with Gasteiger partial charge in [-0.1, -0.05) is 13.3 Å². The lowest BCUT2D eigenvalue weighted by atomic mass is 10.0. The second-order valence-electron chi connectivity index (χ2n) is 3.64. The van der Waals surface area contributed by atoms with Crippen LogP contribution in [0.5, 0.6) is 0 Å². The van der Waals surface area contributed by atoms with Crippen molar-refractivity contribution in [3.8, 4) is 0 Å². The van der Waals surface area contributed by atoms with Gasteiger partial charge in [-0.3, -0.25) is 4.79 Å². The van der Waals surface area contributed by atoms with Crippen LogP contribution in [0, 0.1) is 5.92 Å². The van der Waals surface area contributed by atoms with E-state index in [1.165, 1.54) is 0 Å². The fourth-order valence-electron chi connectivity index (χ4n) is 1.21. The molecule has 0 heterocycles. The molecule has 5 nitrogen and oxygen atoms in total. The fourth-order valence-corrected chi connectivity index (χ4v) is 1.68. The molecule has 0 aliphatic heterocycles. The molecule has 1 atom stereocenters. The normalized spacial score (nSPS) is 13.5. The number of nitrogens with two attached hydrogens (primary N) is 1. The lowest BCUT2D eigenvalue weighted by molar-refractivity contribution is -0.124. The minimum atomic E-state index is -3.01. The third-order valence-electron chi connectivity index (χ3n) is 2.06. The number of amides is 1. The molecular weight excluding hydrogens is 216 g/mol. The van der Waals surface area contributed by atoms with Crippen molar-refractivity contribution in [1.29, 1.82) is 0 Å². The predicted octanol–water partition coefficient (Wildman–Crippen LogP) is -0.478. The number of hydrogen-bond acceptors (Lipinski definition) is 4. The molecule has 1 unspecified atom stereocenters. The largest absolute Gasteiger partial charge is 0.355 e. The molecule has 90 valence electrons. The van der Waals surface area contributed by atoms with Crippen LogP contribution in [0.3, 0.4) is 0 Å². The zero-order chi connectivity index (χ0) is 11.9. The van der Waals surface area contributed by atoms with Gasteiger partial charge in [0.2, 0.25) is 5.91 Å². The highest BCUT2D eigenvalue weighted by Gasteiger charge is 2.15. The minimum Gasteiger partial charge on any atom is -0.355 e. The van der Waals surface area contributed by atoms with E-state index in [9.17, 15) is 13.2 Å². The van der Waals surface area contributed by atoms with E-state index in [0.717, 1.165) is 19.1 Å². The minimum absolute atomic E-state index is 0.0256. The first-order valence-electron chi connectivity index (χ1n) is 5.06. The molecule has 6 heteroatoms. The molecule has 0 aliphatic rings. The van der Waals surface area contributed by atoms with Crippen molar-refractivity contribution in [3.05, 3.63) is 0 Å². The van der Waals surface area contributed by atoms with Crippen LogP contribution in [0.15, 0.2) is 0 Å². The Balaban J connectivity index is 3.91. The van der Waals surface area contributed by atoms with E-state index >= 15 is 0 Å². The van der Waals surface area contributed by atoms with Crippen molar-refractivity contribution in [2.75, 3.05) is 25.1 Å². The Kier molecular flexibility index (Phi) is 6.51. The van der Waals surface area contributed by atoms with Gasteiger partial charge in [0.15, 0.2) is 0 Å². The molecule has 0 aromatic carbocycles. The Bertz CT molecular complexity index is 288. The molecule has 0 rings (SSSR count). The fraction of sp³-hybridized carbons (Fsp3) is 0.889. The van der Waals surface area contributed by atoms with E-state index < -0.39 is 9.84 Å².